The molecule has 1 aliphatic carbocycles. The second kappa shape index (κ2) is 10.5. The number of thiocarbonyl (C=S) groups is 1. The number of carbonyl (C=O) groups is 1. The summed E-state index contributed by atoms with van der Waals surface area (Å²) >= 11 is 5.94. The topological polar surface area (TPSA) is 71.4 Å². The van der Waals surface area contributed by atoms with E-state index >= 15 is 0 Å². The molecule has 2 aliphatic rings. The Morgan fingerprint density at radius 3 is 2.59 bits per heavy atom. The molecule has 1 saturated carbocycles. The number of amides is 1. The van der Waals surface area contributed by atoms with Gasteiger partial charge in [-0.3, -0.25) is 9.78 Å². The van der Waals surface area contributed by atoms with Gasteiger partial charge in [-0.2, -0.15) is 0 Å². The van der Waals surface area contributed by atoms with Gasteiger partial charge in [0.1, 0.15) is 5.75 Å². The third kappa shape index (κ3) is 4.82. The zero-order valence-corrected chi connectivity index (χ0v) is 22.8. The van der Waals surface area contributed by atoms with Crippen LogP contribution in [0.2, 0.25) is 0 Å². The molecule has 1 aliphatic heterocycles. The van der Waals surface area contributed by atoms with Crippen LogP contribution in [-0.4, -0.2) is 27.7 Å². The van der Waals surface area contributed by atoms with Crippen LogP contribution in [0.4, 0.5) is 11.4 Å². The van der Waals surface area contributed by atoms with Gasteiger partial charge >= 0.3 is 0 Å². The Bertz CT molecular complexity index is 1300. The number of anilines is 2. The Morgan fingerprint density at radius 2 is 1.92 bits per heavy atom. The number of nitrogens with zero attached hydrogens (tertiary/aromatic N) is 3. The van der Waals surface area contributed by atoms with Crippen LogP contribution in [0, 0.1) is 13.8 Å². The first-order chi connectivity index (χ1) is 17.9. The zero-order chi connectivity index (χ0) is 26.1. The molecule has 2 aromatic heterocycles. The summed E-state index contributed by atoms with van der Waals surface area (Å²) in [4.78, 5) is 18.8. The number of methoxy groups -OCH3 is 1. The number of rotatable bonds is 6. The molecule has 0 spiro atoms. The average molecular weight is 518 g/mol. The maximum absolute atomic E-state index is 11.9. The lowest BCUT2D eigenvalue weighted by Gasteiger charge is -2.30. The number of benzene rings is 1. The number of hydrogen-bond acceptors (Lipinski definition) is 4. The van der Waals surface area contributed by atoms with E-state index in [0.29, 0.717) is 22.6 Å². The second-order valence-electron chi connectivity index (χ2n) is 10.1. The summed E-state index contributed by atoms with van der Waals surface area (Å²) in [6.45, 7) is 5.95. The Hall–Kier alpha value is -3.39. The van der Waals surface area contributed by atoms with Gasteiger partial charge in [0.15, 0.2) is 5.11 Å². The predicted molar refractivity (Wildman–Crippen MR) is 151 cm³/mol. The molecule has 7 nitrogen and oxygen atoms in total. The van der Waals surface area contributed by atoms with Crippen LogP contribution in [0.25, 0.3) is 0 Å². The van der Waals surface area contributed by atoms with Crippen molar-refractivity contribution in [2.24, 2.45) is 0 Å². The summed E-state index contributed by atoms with van der Waals surface area (Å²) in [6.07, 6.45) is 8.17. The molecule has 2 fully saturated rings. The molecule has 37 heavy (non-hydrogen) atoms. The van der Waals surface area contributed by atoms with Crippen LogP contribution < -0.4 is 20.3 Å². The summed E-state index contributed by atoms with van der Waals surface area (Å²) in [6, 6.07) is 14.4. The molecule has 2 unspecified atom stereocenters. The van der Waals surface area contributed by atoms with Gasteiger partial charge in [-0.15, -0.1) is 0 Å². The minimum Gasteiger partial charge on any atom is -0.495 e. The third-order valence-electron chi connectivity index (χ3n) is 7.65. The van der Waals surface area contributed by atoms with Gasteiger partial charge in [0, 0.05) is 36.2 Å². The molecule has 2 atom stereocenters. The van der Waals surface area contributed by atoms with Gasteiger partial charge in [-0.25, -0.2) is 0 Å². The van der Waals surface area contributed by atoms with Crippen molar-refractivity contribution in [3.63, 3.8) is 0 Å². The lowest BCUT2D eigenvalue weighted by atomic mass is 9.94. The average Bonchev–Trinajstić information content (AvgIpc) is 3.39. The molecular weight excluding hydrogens is 482 g/mol. The lowest BCUT2D eigenvalue weighted by molar-refractivity contribution is -0.114. The largest absolute Gasteiger partial charge is 0.495 e. The van der Waals surface area contributed by atoms with Crippen LogP contribution in [0.15, 0.2) is 48.7 Å². The van der Waals surface area contributed by atoms with E-state index in [2.05, 4.69) is 40.0 Å². The van der Waals surface area contributed by atoms with Crippen molar-refractivity contribution >= 4 is 34.6 Å². The fraction of sp³-hybridized carbons (Fsp3) is 0.414. The van der Waals surface area contributed by atoms with Crippen molar-refractivity contribution in [1.29, 1.82) is 0 Å². The van der Waals surface area contributed by atoms with E-state index in [0.717, 1.165) is 11.4 Å². The highest BCUT2D eigenvalue weighted by Crippen LogP contribution is 2.45. The Kier molecular flexibility index (Phi) is 7.20. The first-order valence-corrected chi connectivity index (χ1v) is 13.4. The van der Waals surface area contributed by atoms with Crippen molar-refractivity contribution < 1.29 is 9.53 Å². The number of pyridine rings is 1. The van der Waals surface area contributed by atoms with Crippen LogP contribution in [0.3, 0.4) is 0 Å². The van der Waals surface area contributed by atoms with E-state index < -0.39 is 0 Å². The normalized spacial score (nSPS) is 20.1. The highest BCUT2D eigenvalue weighted by atomic mass is 32.1. The van der Waals surface area contributed by atoms with Crippen molar-refractivity contribution in [3.05, 3.63) is 71.3 Å². The molecule has 3 heterocycles. The second-order valence-corrected chi connectivity index (χ2v) is 10.4. The van der Waals surface area contributed by atoms with E-state index in [1.807, 2.05) is 42.6 Å². The quantitative estimate of drug-likeness (QED) is 0.382. The summed E-state index contributed by atoms with van der Waals surface area (Å²) in [5.74, 6) is 0.446. The van der Waals surface area contributed by atoms with Crippen molar-refractivity contribution in [2.75, 3.05) is 17.3 Å². The number of ether oxygens (including phenoxy) is 1. The molecule has 1 amide bonds. The summed E-state index contributed by atoms with van der Waals surface area (Å²) in [7, 11) is 1.60. The highest BCUT2D eigenvalue weighted by molar-refractivity contribution is 7.80. The first-order valence-electron chi connectivity index (χ1n) is 13.0. The minimum atomic E-state index is -0.156. The van der Waals surface area contributed by atoms with E-state index in [-0.39, 0.29) is 18.0 Å². The molecule has 1 saturated heterocycles. The van der Waals surface area contributed by atoms with Gasteiger partial charge in [0.25, 0.3) is 0 Å². The number of hydrogen-bond donors (Lipinski definition) is 2. The zero-order valence-electron chi connectivity index (χ0n) is 22.0. The number of carbonyl (C=O) groups excluding carboxylic acids is 1. The SMILES string of the molecule is COc1ccc(N2C(=S)NC(c3ccccn3)C2c2cc(C)n(C3CCCCC3)c2C)cc1NC(C)=O. The molecule has 1 aromatic carbocycles. The van der Waals surface area contributed by atoms with Gasteiger partial charge in [-0.05, 0) is 80.9 Å². The maximum atomic E-state index is 11.9. The predicted octanol–water partition coefficient (Wildman–Crippen LogP) is 6.15. The molecule has 2 N–H and O–H groups in total. The molecule has 0 radical (unpaired) electrons. The summed E-state index contributed by atoms with van der Waals surface area (Å²) in [5, 5.41) is 7.08. The van der Waals surface area contributed by atoms with Gasteiger partial charge < -0.3 is 24.8 Å². The Balaban J connectivity index is 1.63. The van der Waals surface area contributed by atoms with E-state index in [9.17, 15) is 4.79 Å². The third-order valence-corrected chi connectivity index (χ3v) is 7.97. The van der Waals surface area contributed by atoms with E-state index in [4.69, 9.17) is 21.9 Å². The standard InChI is InChI=1S/C29H35N5O2S/c1-18-16-23(19(2)33(18)21-10-6-5-7-11-21)28-27(24-12-8-9-15-30-24)32-29(37)34(28)22-13-14-26(36-4)25(17-22)31-20(3)35/h8-9,12-17,21,27-28H,5-7,10-11H2,1-4H3,(H,31,35)(H,32,37). The molecule has 0 bridgehead atoms. The fourth-order valence-electron chi connectivity index (χ4n) is 6.09. The molecule has 5 rings (SSSR count). The van der Waals surface area contributed by atoms with Crippen molar-refractivity contribution in [1.82, 2.24) is 14.9 Å². The Labute approximate surface area is 224 Å². The van der Waals surface area contributed by atoms with Gasteiger partial charge in [0.2, 0.25) is 5.91 Å². The minimum absolute atomic E-state index is 0.107. The summed E-state index contributed by atoms with van der Waals surface area (Å²) < 4.78 is 8.04. The van der Waals surface area contributed by atoms with Gasteiger partial charge in [0.05, 0.1) is 30.6 Å². The Morgan fingerprint density at radius 1 is 1.14 bits per heavy atom. The van der Waals surface area contributed by atoms with Crippen molar-refractivity contribution in [3.8, 4) is 5.75 Å². The van der Waals surface area contributed by atoms with E-state index in [1.54, 1.807) is 7.11 Å². The molecule has 3 aromatic rings. The molecule has 194 valence electrons. The van der Waals surface area contributed by atoms with Crippen LogP contribution in [0.1, 0.15) is 79.8 Å². The monoisotopic (exact) mass is 517 g/mol. The maximum Gasteiger partial charge on any atom is 0.221 e. The highest BCUT2D eigenvalue weighted by Gasteiger charge is 2.42. The van der Waals surface area contributed by atoms with E-state index in [1.165, 1.54) is 56.0 Å². The number of aromatic nitrogens is 2. The number of aryl methyl sites for hydroxylation is 1. The van der Waals surface area contributed by atoms with Crippen LogP contribution in [-0.2, 0) is 4.79 Å². The summed E-state index contributed by atoms with van der Waals surface area (Å²) in [5.41, 5.74) is 6.24. The van der Waals surface area contributed by atoms with Crippen LogP contribution in [0.5, 0.6) is 5.75 Å². The smallest absolute Gasteiger partial charge is 0.221 e. The number of nitrogens with one attached hydrogen (secondary N) is 2. The van der Waals surface area contributed by atoms with Crippen molar-refractivity contribution in [2.45, 2.75) is 71.0 Å². The van der Waals surface area contributed by atoms with Crippen LogP contribution >= 0.6 is 12.2 Å². The first kappa shape index (κ1) is 25.3. The lowest BCUT2D eigenvalue weighted by Crippen LogP contribution is -2.29. The van der Waals surface area contributed by atoms with Gasteiger partial charge in [-0.1, -0.05) is 25.3 Å². The molecular formula is C29H35N5O2S. The fourth-order valence-corrected chi connectivity index (χ4v) is 6.43. The molecule has 8 heteroatoms.